The van der Waals surface area contributed by atoms with Crippen LogP contribution in [0.2, 0.25) is 0 Å². The minimum Gasteiger partial charge on any atom is -0.233 e. The van der Waals surface area contributed by atoms with Gasteiger partial charge in [0.15, 0.2) is 0 Å². The van der Waals surface area contributed by atoms with Gasteiger partial charge in [0.2, 0.25) is 0 Å². The second-order valence-corrected chi connectivity index (χ2v) is 3.61. The fraction of sp³-hybridized carbons (Fsp3) is 0.0833. The van der Waals surface area contributed by atoms with Crippen LogP contribution in [0.25, 0.3) is 10.8 Å². The molecule has 1 aliphatic heterocycles. The van der Waals surface area contributed by atoms with Crippen LogP contribution >= 0.6 is 0 Å². The summed E-state index contributed by atoms with van der Waals surface area (Å²) in [6.45, 7) is 1.72. The Labute approximate surface area is 87.2 Å². The van der Waals surface area contributed by atoms with Crippen molar-refractivity contribution in [2.75, 3.05) is 5.06 Å². The minimum atomic E-state index is 0.487. The van der Waals surface area contributed by atoms with E-state index in [0.717, 1.165) is 21.5 Å². The van der Waals surface area contributed by atoms with E-state index in [1.165, 1.54) is 0 Å². The van der Waals surface area contributed by atoms with Gasteiger partial charge in [0.25, 0.3) is 0 Å². The number of nitrogens with zero attached hydrogens (tertiary/aromatic N) is 2. The first kappa shape index (κ1) is 8.44. The lowest BCUT2D eigenvalue weighted by atomic mass is 10.1. The van der Waals surface area contributed by atoms with E-state index in [1.807, 2.05) is 36.4 Å². The first-order valence-corrected chi connectivity index (χ1v) is 4.82. The molecule has 0 aliphatic carbocycles. The van der Waals surface area contributed by atoms with Crippen LogP contribution in [0.1, 0.15) is 6.92 Å². The number of anilines is 1. The summed E-state index contributed by atoms with van der Waals surface area (Å²) in [5.74, 6) is 0.487. The second kappa shape index (κ2) is 2.81. The summed E-state index contributed by atoms with van der Waals surface area (Å²) in [7, 11) is 0. The number of hydrogen-bond acceptors (Lipinski definition) is 2. The number of amidine groups is 1. The van der Waals surface area contributed by atoms with E-state index < -0.39 is 0 Å². The van der Waals surface area contributed by atoms with Gasteiger partial charge in [0.05, 0.1) is 11.4 Å². The molecule has 3 rings (SSSR count). The fourth-order valence-corrected chi connectivity index (χ4v) is 1.96. The Balaban J connectivity index is 2.49. The Morgan fingerprint density at radius 3 is 2.67 bits per heavy atom. The first-order valence-electron chi connectivity index (χ1n) is 4.82. The van der Waals surface area contributed by atoms with Crippen LogP contribution in [0.15, 0.2) is 41.4 Å². The first-order chi connectivity index (χ1) is 7.27. The SMILES string of the molecule is CC1=Nc2cccc3cccc(c23)N1[O]. The molecular formula is C12H9N2O. The van der Waals surface area contributed by atoms with E-state index in [0.29, 0.717) is 11.5 Å². The van der Waals surface area contributed by atoms with Crippen LogP contribution < -0.4 is 5.06 Å². The zero-order valence-electron chi connectivity index (χ0n) is 8.27. The Kier molecular flexibility index (Phi) is 1.58. The van der Waals surface area contributed by atoms with Gasteiger partial charge >= 0.3 is 0 Å². The van der Waals surface area contributed by atoms with Crippen molar-refractivity contribution in [2.24, 2.45) is 4.99 Å². The second-order valence-electron chi connectivity index (χ2n) is 3.61. The summed E-state index contributed by atoms with van der Waals surface area (Å²) in [5.41, 5.74) is 1.57. The van der Waals surface area contributed by atoms with Gasteiger partial charge in [0.1, 0.15) is 5.84 Å². The van der Waals surface area contributed by atoms with Crippen molar-refractivity contribution in [1.82, 2.24) is 0 Å². The molecular weight excluding hydrogens is 188 g/mol. The standard InChI is InChI=1S/C12H9N2O/c1-8-13-10-6-2-4-9-5-3-7-11(12(9)10)14(8)15/h2-7H,1H3. The van der Waals surface area contributed by atoms with E-state index in [-0.39, 0.29) is 0 Å². The molecule has 0 amide bonds. The molecule has 1 aliphatic rings. The smallest absolute Gasteiger partial charge is 0.135 e. The summed E-state index contributed by atoms with van der Waals surface area (Å²) in [6, 6.07) is 11.6. The molecule has 0 spiro atoms. The highest BCUT2D eigenvalue weighted by Gasteiger charge is 2.18. The molecule has 0 saturated heterocycles. The van der Waals surface area contributed by atoms with Crippen molar-refractivity contribution in [3.8, 4) is 0 Å². The van der Waals surface area contributed by atoms with Crippen molar-refractivity contribution in [3.63, 3.8) is 0 Å². The Bertz CT molecular complexity index is 570. The molecule has 3 heteroatoms. The van der Waals surface area contributed by atoms with Gasteiger partial charge in [-0.2, -0.15) is 5.06 Å². The van der Waals surface area contributed by atoms with Gasteiger partial charge in [-0.1, -0.05) is 29.5 Å². The largest absolute Gasteiger partial charge is 0.233 e. The summed E-state index contributed by atoms with van der Waals surface area (Å²) < 4.78 is 0. The molecule has 0 fully saturated rings. The van der Waals surface area contributed by atoms with Gasteiger partial charge < -0.3 is 0 Å². The molecule has 2 aromatic carbocycles. The van der Waals surface area contributed by atoms with Crippen molar-refractivity contribution in [3.05, 3.63) is 36.4 Å². The van der Waals surface area contributed by atoms with Crippen molar-refractivity contribution in [2.45, 2.75) is 6.92 Å². The van der Waals surface area contributed by atoms with Crippen LogP contribution in [0.5, 0.6) is 0 Å². The maximum Gasteiger partial charge on any atom is 0.135 e. The lowest BCUT2D eigenvalue weighted by Crippen LogP contribution is -2.24. The van der Waals surface area contributed by atoms with Crippen LogP contribution in [-0.2, 0) is 5.21 Å². The predicted molar refractivity (Wildman–Crippen MR) is 59.9 cm³/mol. The maximum absolute atomic E-state index is 11.8. The van der Waals surface area contributed by atoms with Crippen molar-refractivity contribution in [1.29, 1.82) is 0 Å². The van der Waals surface area contributed by atoms with Crippen LogP contribution in [-0.4, -0.2) is 5.84 Å². The zero-order chi connectivity index (χ0) is 10.4. The third-order valence-electron chi connectivity index (χ3n) is 2.66. The zero-order valence-corrected chi connectivity index (χ0v) is 8.27. The number of aliphatic imine (C=N–C) groups is 1. The molecule has 15 heavy (non-hydrogen) atoms. The predicted octanol–water partition coefficient (Wildman–Crippen LogP) is 3.06. The Morgan fingerprint density at radius 1 is 1.13 bits per heavy atom. The number of hydrogen-bond donors (Lipinski definition) is 0. The van der Waals surface area contributed by atoms with Crippen molar-refractivity contribution >= 4 is 28.0 Å². The number of rotatable bonds is 0. The summed E-state index contributed by atoms with van der Waals surface area (Å²) in [5, 5.41) is 14.7. The van der Waals surface area contributed by atoms with Gasteiger partial charge in [-0.15, -0.1) is 0 Å². The third kappa shape index (κ3) is 1.07. The van der Waals surface area contributed by atoms with E-state index in [9.17, 15) is 5.21 Å². The molecule has 1 heterocycles. The van der Waals surface area contributed by atoms with Crippen LogP contribution in [0.4, 0.5) is 11.4 Å². The molecule has 0 unspecified atom stereocenters. The average molecular weight is 197 g/mol. The third-order valence-corrected chi connectivity index (χ3v) is 2.66. The molecule has 1 radical (unpaired) electrons. The summed E-state index contributed by atoms with van der Waals surface area (Å²) in [6.07, 6.45) is 0. The molecule has 0 saturated carbocycles. The molecule has 2 aromatic rings. The normalized spacial score (nSPS) is 14.3. The molecule has 73 valence electrons. The average Bonchev–Trinajstić information content (AvgIpc) is 2.26. The monoisotopic (exact) mass is 197 g/mol. The van der Waals surface area contributed by atoms with E-state index in [2.05, 4.69) is 4.99 Å². The molecule has 0 bridgehead atoms. The van der Waals surface area contributed by atoms with Gasteiger partial charge in [-0.3, -0.25) is 0 Å². The lowest BCUT2D eigenvalue weighted by molar-refractivity contribution is 0.206. The fourth-order valence-electron chi connectivity index (χ4n) is 1.96. The highest BCUT2D eigenvalue weighted by molar-refractivity contribution is 6.12. The van der Waals surface area contributed by atoms with Gasteiger partial charge in [-0.05, 0) is 24.4 Å². The Hall–Kier alpha value is -1.87. The van der Waals surface area contributed by atoms with E-state index in [1.54, 1.807) is 6.92 Å². The number of benzene rings is 2. The van der Waals surface area contributed by atoms with E-state index in [4.69, 9.17) is 0 Å². The van der Waals surface area contributed by atoms with Gasteiger partial charge in [-0.25, -0.2) is 4.99 Å². The molecule has 3 nitrogen and oxygen atoms in total. The minimum absolute atomic E-state index is 0.487. The molecule has 0 N–H and O–H groups in total. The highest BCUT2D eigenvalue weighted by Crippen LogP contribution is 2.37. The topological polar surface area (TPSA) is 35.5 Å². The molecule has 0 aromatic heterocycles. The van der Waals surface area contributed by atoms with Crippen LogP contribution in [0, 0.1) is 0 Å². The maximum atomic E-state index is 11.8. The van der Waals surface area contributed by atoms with Crippen molar-refractivity contribution < 1.29 is 5.21 Å². The summed E-state index contributed by atoms with van der Waals surface area (Å²) >= 11 is 0. The molecule has 0 atom stereocenters. The van der Waals surface area contributed by atoms with Gasteiger partial charge in [0, 0.05) is 5.39 Å². The lowest BCUT2D eigenvalue weighted by Gasteiger charge is -2.21. The quantitative estimate of drug-likeness (QED) is 0.639. The number of hydroxylamine groups is 1. The van der Waals surface area contributed by atoms with Crippen LogP contribution in [0.3, 0.4) is 0 Å². The highest BCUT2D eigenvalue weighted by atomic mass is 16.5. The summed E-state index contributed by atoms with van der Waals surface area (Å²) in [4.78, 5) is 4.28. The Morgan fingerprint density at radius 2 is 1.87 bits per heavy atom. The van der Waals surface area contributed by atoms with E-state index >= 15 is 0 Å².